The quantitative estimate of drug-likeness (QED) is 0.775. The Kier molecular flexibility index (Phi) is 6.36. The second-order valence-electron chi connectivity index (χ2n) is 4.44. The monoisotopic (exact) mass is 322 g/mol. The number of benzene rings is 1. The molecule has 1 unspecified atom stereocenters. The number of ether oxygens (including phenoxy) is 1. The fourth-order valence-electron chi connectivity index (χ4n) is 1.95. The normalized spacial score (nSPS) is 12.1. The number of rotatable bonds is 7. The fourth-order valence-corrected chi connectivity index (χ4v) is 3.26. The van der Waals surface area contributed by atoms with E-state index in [0.29, 0.717) is 11.6 Å². The van der Waals surface area contributed by atoms with E-state index >= 15 is 0 Å². The predicted molar refractivity (Wildman–Crippen MR) is 89.4 cm³/mol. The van der Waals surface area contributed by atoms with E-state index in [0.717, 1.165) is 16.5 Å². The van der Waals surface area contributed by atoms with Crippen LogP contribution >= 0.6 is 23.4 Å². The molecule has 1 N–H and O–H groups in total. The van der Waals surface area contributed by atoms with Crippen LogP contribution in [0.3, 0.4) is 0 Å². The Morgan fingerprint density at radius 2 is 2.05 bits per heavy atom. The van der Waals surface area contributed by atoms with Crippen molar-refractivity contribution in [1.29, 1.82) is 0 Å². The first-order chi connectivity index (χ1) is 10.2. The fraction of sp³-hybridized carbons (Fsp3) is 0.312. The number of thioether (sulfide) groups is 1. The second kappa shape index (κ2) is 8.27. The van der Waals surface area contributed by atoms with Gasteiger partial charge in [0.05, 0.1) is 11.6 Å². The lowest BCUT2D eigenvalue weighted by molar-refractivity contribution is 0.340. The molecule has 1 aromatic carbocycles. The first kappa shape index (κ1) is 16.1. The summed E-state index contributed by atoms with van der Waals surface area (Å²) >= 11 is 7.78. The Bertz CT molecular complexity index is 562. The van der Waals surface area contributed by atoms with E-state index in [4.69, 9.17) is 16.3 Å². The van der Waals surface area contributed by atoms with Crippen LogP contribution in [0.4, 0.5) is 0 Å². The largest absolute Gasteiger partial charge is 0.494 e. The molecular formula is C16H19ClN2OS. The highest BCUT2D eigenvalue weighted by molar-refractivity contribution is 7.99. The number of hydrogen-bond acceptors (Lipinski definition) is 4. The van der Waals surface area contributed by atoms with Gasteiger partial charge in [-0.2, -0.15) is 0 Å². The molecule has 3 nitrogen and oxygen atoms in total. The predicted octanol–water partition coefficient (Wildman–Crippen LogP) is 4.19. The minimum atomic E-state index is 0.240. The van der Waals surface area contributed by atoms with Gasteiger partial charge in [0, 0.05) is 18.0 Å². The maximum Gasteiger partial charge on any atom is 0.119 e. The van der Waals surface area contributed by atoms with E-state index in [1.165, 1.54) is 5.56 Å². The summed E-state index contributed by atoms with van der Waals surface area (Å²) in [6.07, 6.45) is 1.76. The molecule has 0 radical (unpaired) electrons. The van der Waals surface area contributed by atoms with Crippen molar-refractivity contribution in [2.45, 2.75) is 18.0 Å². The van der Waals surface area contributed by atoms with Gasteiger partial charge in [0.25, 0.3) is 0 Å². The van der Waals surface area contributed by atoms with Crippen molar-refractivity contribution in [3.05, 3.63) is 53.2 Å². The average Bonchev–Trinajstić information content (AvgIpc) is 2.51. The summed E-state index contributed by atoms with van der Waals surface area (Å²) < 4.78 is 5.47. The average molecular weight is 323 g/mol. The van der Waals surface area contributed by atoms with Gasteiger partial charge in [-0.3, -0.25) is 0 Å². The van der Waals surface area contributed by atoms with Crippen molar-refractivity contribution in [2.24, 2.45) is 0 Å². The minimum absolute atomic E-state index is 0.240. The first-order valence-corrected chi connectivity index (χ1v) is 8.24. The first-order valence-electron chi connectivity index (χ1n) is 6.88. The van der Waals surface area contributed by atoms with Crippen molar-refractivity contribution < 1.29 is 4.74 Å². The molecule has 0 saturated heterocycles. The van der Waals surface area contributed by atoms with E-state index in [1.54, 1.807) is 18.0 Å². The highest BCUT2D eigenvalue weighted by Crippen LogP contribution is 2.28. The Labute approximate surface area is 135 Å². The van der Waals surface area contributed by atoms with Crippen molar-refractivity contribution in [3.8, 4) is 5.75 Å². The Balaban J connectivity index is 2.01. The highest BCUT2D eigenvalue weighted by Gasteiger charge is 2.11. The maximum atomic E-state index is 6.13. The summed E-state index contributed by atoms with van der Waals surface area (Å²) in [6.45, 7) is 2.67. The molecule has 0 spiro atoms. The van der Waals surface area contributed by atoms with Gasteiger partial charge in [-0.05, 0) is 43.8 Å². The van der Waals surface area contributed by atoms with Crippen LogP contribution in [0, 0.1) is 0 Å². The summed E-state index contributed by atoms with van der Waals surface area (Å²) in [5, 5.41) is 4.89. The molecule has 0 fully saturated rings. The molecule has 0 saturated carbocycles. The lowest BCUT2D eigenvalue weighted by Crippen LogP contribution is -2.18. The molecule has 0 amide bonds. The van der Waals surface area contributed by atoms with E-state index in [9.17, 15) is 0 Å². The molecular weight excluding hydrogens is 304 g/mol. The van der Waals surface area contributed by atoms with Crippen molar-refractivity contribution in [3.63, 3.8) is 0 Å². The van der Waals surface area contributed by atoms with Crippen molar-refractivity contribution >= 4 is 23.4 Å². The van der Waals surface area contributed by atoms with Gasteiger partial charge in [0.15, 0.2) is 0 Å². The number of halogens is 1. The van der Waals surface area contributed by atoms with E-state index in [1.807, 2.05) is 38.2 Å². The number of aromatic nitrogens is 1. The third-order valence-corrected chi connectivity index (χ3v) is 4.57. The van der Waals surface area contributed by atoms with Crippen LogP contribution in [0.5, 0.6) is 5.75 Å². The number of pyridine rings is 1. The standard InChI is InChI=1S/C16H19ClN2OS/c1-3-20-13-8-6-12(7-9-13)15(18-2)11-21-16-14(17)5-4-10-19-16/h4-10,15,18H,3,11H2,1-2H3. The van der Waals surface area contributed by atoms with E-state index in [2.05, 4.69) is 22.4 Å². The van der Waals surface area contributed by atoms with Crippen LogP contribution in [0.1, 0.15) is 18.5 Å². The number of hydrogen-bond donors (Lipinski definition) is 1. The molecule has 1 heterocycles. The summed E-state index contributed by atoms with van der Waals surface area (Å²) in [4.78, 5) is 4.30. The van der Waals surface area contributed by atoms with Crippen LogP contribution in [0.15, 0.2) is 47.6 Å². The van der Waals surface area contributed by atoms with Crippen molar-refractivity contribution in [2.75, 3.05) is 19.4 Å². The van der Waals surface area contributed by atoms with Gasteiger partial charge >= 0.3 is 0 Å². The Hall–Kier alpha value is -1.23. The SMILES string of the molecule is CCOc1ccc(C(CSc2ncccc2Cl)NC)cc1. The zero-order valence-electron chi connectivity index (χ0n) is 12.2. The smallest absolute Gasteiger partial charge is 0.119 e. The molecule has 0 aliphatic heterocycles. The van der Waals surface area contributed by atoms with Gasteiger partial charge in [-0.15, -0.1) is 11.8 Å². The van der Waals surface area contributed by atoms with Gasteiger partial charge in [-0.25, -0.2) is 4.98 Å². The molecule has 5 heteroatoms. The van der Waals surface area contributed by atoms with Crippen LogP contribution in [0.25, 0.3) is 0 Å². The lowest BCUT2D eigenvalue weighted by Gasteiger charge is -2.16. The molecule has 1 aromatic heterocycles. The number of nitrogens with zero attached hydrogens (tertiary/aromatic N) is 1. The van der Waals surface area contributed by atoms with E-state index < -0.39 is 0 Å². The maximum absolute atomic E-state index is 6.13. The molecule has 1 atom stereocenters. The zero-order valence-corrected chi connectivity index (χ0v) is 13.7. The van der Waals surface area contributed by atoms with Gasteiger partial charge in [0.2, 0.25) is 0 Å². The second-order valence-corrected chi connectivity index (χ2v) is 5.86. The van der Waals surface area contributed by atoms with Crippen LogP contribution in [0.2, 0.25) is 5.02 Å². The summed E-state index contributed by atoms with van der Waals surface area (Å²) in [5.74, 6) is 1.76. The van der Waals surface area contributed by atoms with E-state index in [-0.39, 0.29) is 6.04 Å². The Morgan fingerprint density at radius 1 is 1.29 bits per heavy atom. The summed E-state index contributed by atoms with van der Waals surface area (Å²) in [6, 6.07) is 12.1. The molecule has 0 aliphatic carbocycles. The topological polar surface area (TPSA) is 34.1 Å². The van der Waals surface area contributed by atoms with Crippen LogP contribution in [-0.4, -0.2) is 24.4 Å². The lowest BCUT2D eigenvalue weighted by atomic mass is 10.1. The summed E-state index contributed by atoms with van der Waals surface area (Å²) in [7, 11) is 1.96. The molecule has 2 aromatic rings. The number of nitrogens with one attached hydrogen (secondary N) is 1. The third-order valence-electron chi connectivity index (χ3n) is 3.05. The molecule has 2 rings (SSSR count). The molecule has 21 heavy (non-hydrogen) atoms. The van der Waals surface area contributed by atoms with Crippen LogP contribution < -0.4 is 10.1 Å². The third kappa shape index (κ3) is 4.63. The molecule has 0 aliphatic rings. The Morgan fingerprint density at radius 3 is 2.67 bits per heavy atom. The van der Waals surface area contributed by atoms with Crippen LogP contribution in [-0.2, 0) is 0 Å². The highest BCUT2D eigenvalue weighted by atomic mass is 35.5. The van der Waals surface area contributed by atoms with Crippen molar-refractivity contribution in [1.82, 2.24) is 10.3 Å². The van der Waals surface area contributed by atoms with Gasteiger partial charge in [-0.1, -0.05) is 23.7 Å². The summed E-state index contributed by atoms with van der Waals surface area (Å²) in [5.41, 5.74) is 1.22. The zero-order chi connectivity index (χ0) is 15.1. The van der Waals surface area contributed by atoms with Gasteiger partial charge < -0.3 is 10.1 Å². The molecule has 0 bridgehead atoms. The molecule has 112 valence electrons. The van der Waals surface area contributed by atoms with Gasteiger partial charge in [0.1, 0.15) is 10.8 Å². The minimum Gasteiger partial charge on any atom is -0.494 e.